The van der Waals surface area contributed by atoms with Gasteiger partial charge in [-0.25, -0.2) is 9.97 Å². The highest BCUT2D eigenvalue weighted by atomic mass is 35.5. The van der Waals surface area contributed by atoms with E-state index in [2.05, 4.69) is 25.5 Å². The zero-order valence-corrected chi connectivity index (χ0v) is 21.5. The number of pyridine rings is 1. The van der Waals surface area contributed by atoms with E-state index < -0.39 is 0 Å². The second kappa shape index (κ2) is 9.42. The Kier molecular flexibility index (Phi) is 6.07. The highest BCUT2D eigenvalue weighted by Crippen LogP contribution is 2.34. The number of carbonyl (C=O) groups is 2. The molecular formula is C24H20Cl2N8O2S. The van der Waals surface area contributed by atoms with E-state index in [9.17, 15) is 9.59 Å². The van der Waals surface area contributed by atoms with Crippen LogP contribution in [0.15, 0.2) is 48.1 Å². The Hall–Kier alpha value is -3.51. The quantitative estimate of drug-likeness (QED) is 0.302. The lowest BCUT2D eigenvalue weighted by molar-refractivity contribution is 0.0728. The first kappa shape index (κ1) is 23.9. The number of halogens is 2. The van der Waals surface area contributed by atoms with Gasteiger partial charge in [-0.3, -0.25) is 14.7 Å². The predicted molar refractivity (Wildman–Crippen MR) is 141 cm³/mol. The molecule has 5 aromatic rings. The molecule has 0 aliphatic carbocycles. The summed E-state index contributed by atoms with van der Waals surface area (Å²) in [5.74, 6) is -0.575. The van der Waals surface area contributed by atoms with Crippen LogP contribution < -0.4 is 11.1 Å². The van der Waals surface area contributed by atoms with Crippen molar-refractivity contribution < 1.29 is 9.59 Å². The molecule has 13 heteroatoms. The maximum atomic E-state index is 13.4. The smallest absolute Gasteiger partial charge is 0.274 e. The van der Waals surface area contributed by atoms with Crippen LogP contribution in [0.1, 0.15) is 44.1 Å². The number of H-pyrrole nitrogens is 1. The number of nitrogens with zero attached hydrogens (tertiary/aromatic N) is 5. The highest BCUT2D eigenvalue weighted by molar-refractivity contribution is 7.09. The molecule has 37 heavy (non-hydrogen) atoms. The third-order valence-corrected chi connectivity index (χ3v) is 7.69. The van der Waals surface area contributed by atoms with Gasteiger partial charge in [0.25, 0.3) is 11.8 Å². The average molecular weight is 555 g/mol. The van der Waals surface area contributed by atoms with Crippen LogP contribution in [-0.2, 0) is 6.54 Å². The summed E-state index contributed by atoms with van der Waals surface area (Å²) in [6.07, 6.45) is 3.89. The van der Waals surface area contributed by atoms with Gasteiger partial charge in [-0.05, 0) is 36.8 Å². The van der Waals surface area contributed by atoms with Crippen LogP contribution in [0.25, 0.3) is 16.6 Å². The van der Waals surface area contributed by atoms with Gasteiger partial charge in [0.1, 0.15) is 22.0 Å². The Bertz CT molecular complexity index is 1660. The lowest BCUT2D eigenvalue weighted by Gasteiger charge is -2.21. The largest absolute Gasteiger partial charge is 0.345 e. The fraction of sp³-hybridized carbons (Fsp3) is 0.208. The second-order valence-corrected chi connectivity index (χ2v) is 10.6. The molecule has 1 fully saturated rings. The van der Waals surface area contributed by atoms with E-state index in [4.69, 9.17) is 28.9 Å². The van der Waals surface area contributed by atoms with E-state index in [1.807, 2.05) is 6.07 Å². The van der Waals surface area contributed by atoms with E-state index in [0.717, 1.165) is 10.9 Å². The number of carbonyl (C=O) groups excluding carboxylic acids is 2. The third kappa shape index (κ3) is 4.55. The van der Waals surface area contributed by atoms with Gasteiger partial charge in [-0.15, -0.1) is 11.3 Å². The lowest BCUT2D eigenvalue weighted by atomic mass is 10.2. The Morgan fingerprint density at radius 2 is 1.97 bits per heavy atom. The maximum Gasteiger partial charge on any atom is 0.274 e. The van der Waals surface area contributed by atoms with Crippen molar-refractivity contribution in [1.82, 2.24) is 34.8 Å². The molecule has 4 N–H and O–H groups in total. The van der Waals surface area contributed by atoms with Crippen molar-refractivity contribution in [3.63, 3.8) is 0 Å². The molecule has 2 amide bonds. The number of likely N-dealkylation sites (tertiary alicyclic amines) is 1. The molecule has 1 aromatic carbocycles. The van der Waals surface area contributed by atoms with Crippen molar-refractivity contribution >= 4 is 62.9 Å². The van der Waals surface area contributed by atoms with Gasteiger partial charge >= 0.3 is 0 Å². The zero-order chi connectivity index (χ0) is 25.7. The summed E-state index contributed by atoms with van der Waals surface area (Å²) in [5, 5.41) is 14.4. The second-order valence-electron chi connectivity index (χ2n) is 8.82. The Morgan fingerprint density at radius 3 is 2.84 bits per heavy atom. The molecule has 0 radical (unpaired) electrons. The SMILES string of the molecule is N[C@@H]1C[C@@H](c2nc(C(=O)NCc3n[nH]c4cc(Cl)ccc34)cs2)N(C(=O)c2cn3cc(Cl)ccc3n2)C1. The van der Waals surface area contributed by atoms with Crippen molar-refractivity contribution in [2.75, 3.05) is 6.54 Å². The van der Waals surface area contributed by atoms with Crippen molar-refractivity contribution in [2.24, 2.45) is 5.73 Å². The first-order valence-corrected chi connectivity index (χ1v) is 13.1. The van der Waals surface area contributed by atoms with Crippen molar-refractivity contribution in [3.8, 4) is 0 Å². The Balaban J connectivity index is 1.18. The number of hydrogen-bond donors (Lipinski definition) is 3. The molecular weight excluding hydrogens is 535 g/mol. The molecule has 1 aliphatic heterocycles. The monoisotopic (exact) mass is 554 g/mol. The summed E-state index contributed by atoms with van der Waals surface area (Å²) in [5.41, 5.74) is 8.91. The number of hydrogen-bond acceptors (Lipinski definition) is 7. The van der Waals surface area contributed by atoms with Crippen LogP contribution in [0.3, 0.4) is 0 Å². The molecule has 1 aliphatic rings. The molecule has 2 atom stereocenters. The average Bonchev–Trinajstić information content (AvgIpc) is 3.66. The van der Waals surface area contributed by atoms with Crippen LogP contribution in [0.4, 0.5) is 0 Å². The van der Waals surface area contributed by atoms with Crippen LogP contribution in [0.2, 0.25) is 10.0 Å². The number of fused-ring (bicyclic) bond motifs is 2. The van der Waals surface area contributed by atoms with Gasteiger partial charge in [0, 0.05) is 40.8 Å². The Morgan fingerprint density at radius 1 is 1.14 bits per heavy atom. The molecule has 6 rings (SSSR count). The minimum Gasteiger partial charge on any atom is -0.345 e. The minimum absolute atomic E-state index is 0.206. The fourth-order valence-electron chi connectivity index (χ4n) is 4.52. The van der Waals surface area contributed by atoms with Gasteiger partial charge in [-0.1, -0.05) is 23.2 Å². The van der Waals surface area contributed by atoms with Crippen molar-refractivity contribution in [3.05, 3.63) is 80.2 Å². The molecule has 4 aromatic heterocycles. The predicted octanol–water partition coefficient (Wildman–Crippen LogP) is 3.82. The maximum absolute atomic E-state index is 13.4. The molecule has 0 bridgehead atoms. The highest BCUT2D eigenvalue weighted by Gasteiger charge is 2.38. The molecule has 0 unspecified atom stereocenters. The number of nitrogens with two attached hydrogens (primary N) is 1. The van der Waals surface area contributed by atoms with Crippen LogP contribution >= 0.6 is 34.5 Å². The number of thiazole rings is 1. The van der Waals surface area contributed by atoms with Gasteiger partial charge in [0.2, 0.25) is 0 Å². The number of benzene rings is 1. The number of amides is 2. The number of imidazole rings is 1. The fourth-order valence-corrected chi connectivity index (χ4v) is 5.79. The summed E-state index contributed by atoms with van der Waals surface area (Å²) in [7, 11) is 0. The molecule has 188 valence electrons. The zero-order valence-electron chi connectivity index (χ0n) is 19.2. The summed E-state index contributed by atoms with van der Waals surface area (Å²) in [6, 6.07) is 8.33. The molecule has 5 heterocycles. The van der Waals surface area contributed by atoms with Gasteiger partial charge in [0.15, 0.2) is 0 Å². The Labute approximate surface area is 224 Å². The summed E-state index contributed by atoms with van der Waals surface area (Å²) in [4.78, 5) is 36.9. The molecule has 1 saturated heterocycles. The molecule has 10 nitrogen and oxygen atoms in total. The van der Waals surface area contributed by atoms with E-state index in [0.29, 0.717) is 45.1 Å². The van der Waals surface area contributed by atoms with E-state index >= 15 is 0 Å². The first-order valence-electron chi connectivity index (χ1n) is 11.4. The van der Waals surface area contributed by atoms with Crippen LogP contribution in [-0.4, -0.2) is 53.9 Å². The normalized spacial score (nSPS) is 17.6. The number of rotatable bonds is 5. The topological polar surface area (TPSA) is 134 Å². The van der Waals surface area contributed by atoms with Crippen molar-refractivity contribution in [1.29, 1.82) is 0 Å². The van der Waals surface area contributed by atoms with E-state index in [-0.39, 0.29) is 36.1 Å². The van der Waals surface area contributed by atoms with Gasteiger partial charge < -0.3 is 20.4 Å². The lowest BCUT2D eigenvalue weighted by Crippen LogP contribution is -2.33. The number of aromatic amines is 1. The van der Waals surface area contributed by atoms with Crippen LogP contribution in [0, 0.1) is 0 Å². The molecule has 0 spiro atoms. The van der Waals surface area contributed by atoms with Gasteiger partial charge in [-0.2, -0.15) is 5.10 Å². The number of aromatic nitrogens is 5. The minimum atomic E-state index is -0.345. The first-order chi connectivity index (χ1) is 17.9. The number of nitrogens with one attached hydrogen (secondary N) is 2. The summed E-state index contributed by atoms with van der Waals surface area (Å²) < 4.78 is 1.71. The molecule has 0 saturated carbocycles. The van der Waals surface area contributed by atoms with Crippen molar-refractivity contribution in [2.45, 2.75) is 25.0 Å². The van der Waals surface area contributed by atoms with Gasteiger partial charge in [0.05, 0.1) is 28.8 Å². The summed E-state index contributed by atoms with van der Waals surface area (Å²) >= 11 is 13.4. The van der Waals surface area contributed by atoms with E-state index in [1.165, 1.54) is 11.3 Å². The standard InChI is InChI=1S/C24H20Cl2N8O2S/c25-12-1-3-15-16(5-12)31-32-17(15)7-28-22(35)19-11-37-23(30-19)20-6-14(27)9-34(20)24(36)18-10-33-8-13(26)2-4-21(33)29-18/h1-5,8,10-11,14,20H,6-7,9,27H2,(H,28,35)(H,31,32)/t14-,20+/m1/s1. The van der Waals surface area contributed by atoms with E-state index in [1.54, 1.807) is 51.3 Å². The van der Waals surface area contributed by atoms with Crippen LogP contribution in [0.5, 0.6) is 0 Å². The third-order valence-electron chi connectivity index (χ3n) is 6.29. The summed E-state index contributed by atoms with van der Waals surface area (Å²) in [6.45, 7) is 0.597.